The molecule has 3 rings (SSSR count). The zero-order valence-electron chi connectivity index (χ0n) is 14.2. The standard InChI is InChI=1S/C18H21N3O2S2/c1-19-9-11-20(12-10-19)16(22)7-8-21-17(23)15(25-18(21)24)13-14-5-3-2-4-6-14/h2-6,13H,7-12H2,1H3. The quantitative estimate of drug-likeness (QED) is 0.595. The van der Waals surface area contributed by atoms with Gasteiger partial charge in [0.1, 0.15) is 4.32 Å². The van der Waals surface area contributed by atoms with E-state index in [1.807, 2.05) is 41.3 Å². The van der Waals surface area contributed by atoms with Gasteiger partial charge in [-0.3, -0.25) is 14.5 Å². The van der Waals surface area contributed by atoms with Crippen LogP contribution >= 0.6 is 24.0 Å². The van der Waals surface area contributed by atoms with E-state index in [1.165, 1.54) is 11.8 Å². The molecule has 2 aliphatic rings. The Morgan fingerprint density at radius 3 is 2.56 bits per heavy atom. The Hall–Kier alpha value is -1.70. The van der Waals surface area contributed by atoms with Crippen molar-refractivity contribution < 1.29 is 9.59 Å². The number of carbonyl (C=O) groups is 2. The molecule has 0 aliphatic carbocycles. The van der Waals surface area contributed by atoms with Crippen LogP contribution in [0.3, 0.4) is 0 Å². The second-order valence-corrected chi connectivity index (χ2v) is 7.85. The summed E-state index contributed by atoms with van der Waals surface area (Å²) in [6, 6.07) is 9.70. The van der Waals surface area contributed by atoms with E-state index in [9.17, 15) is 9.59 Å². The largest absolute Gasteiger partial charge is 0.340 e. The number of likely N-dealkylation sites (N-methyl/N-ethyl adjacent to an activating group) is 1. The third-order valence-corrected chi connectivity index (χ3v) is 5.75. The lowest BCUT2D eigenvalue weighted by atomic mass is 10.2. The van der Waals surface area contributed by atoms with Gasteiger partial charge in [-0.2, -0.15) is 0 Å². The number of nitrogens with zero attached hydrogens (tertiary/aromatic N) is 3. The number of thiocarbonyl (C=S) groups is 1. The van der Waals surface area contributed by atoms with E-state index in [0.29, 0.717) is 22.2 Å². The molecule has 0 aromatic heterocycles. The maximum atomic E-state index is 12.6. The maximum absolute atomic E-state index is 12.6. The summed E-state index contributed by atoms with van der Waals surface area (Å²) in [5, 5.41) is 0. The molecule has 2 aliphatic heterocycles. The normalized spacial score (nSPS) is 20.6. The lowest BCUT2D eigenvalue weighted by Crippen LogP contribution is -2.47. The molecule has 2 heterocycles. The lowest BCUT2D eigenvalue weighted by Gasteiger charge is -2.32. The molecule has 132 valence electrons. The van der Waals surface area contributed by atoms with Gasteiger partial charge in [0, 0.05) is 39.1 Å². The fourth-order valence-electron chi connectivity index (χ4n) is 2.81. The molecule has 0 unspecified atom stereocenters. The van der Waals surface area contributed by atoms with Gasteiger partial charge >= 0.3 is 0 Å². The first-order valence-electron chi connectivity index (χ1n) is 8.31. The molecule has 0 radical (unpaired) electrons. The van der Waals surface area contributed by atoms with Crippen molar-refractivity contribution in [2.75, 3.05) is 39.8 Å². The molecule has 1 aromatic rings. The molecule has 2 saturated heterocycles. The van der Waals surface area contributed by atoms with Crippen LogP contribution in [0, 0.1) is 0 Å². The minimum absolute atomic E-state index is 0.0918. The van der Waals surface area contributed by atoms with Gasteiger partial charge in [0.05, 0.1) is 4.91 Å². The highest BCUT2D eigenvalue weighted by atomic mass is 32.2. The number of thioether (sulfide) groups is 1. The third-order valence-electron chi connectivity index (χ3n) is 4.38. The number of hydrogen-bond donors (Lipinski definition) is 0. The Balaban J connectivity index is 1.58. The van der Waals surface area contributed by atoms with Crippen molar-refractivity contribution in [2.24, 2.45) is 0 Å². The molecule has 25 heavy (non-hydrogen) atoms. The third kappa shape index (κ3) is 4.48. The topological polar surface area (TPSA) is 43.9 Å². The van der Waals surface area contributed by atoms with E-state index in [2.05, 4.69) is 11.9 Å². The lowest BCUT2D eigenvalue weighted by molar-refractivity contribution is -0.133. The van der Waals surface area contributed by atoms with Crippen molar-refractivity contribution in [2.45, 2.75) is 6.42 Å². The molecule has 5 nitrogen and oxygen atoms in total. The van der Waals surface area contributed by atoms with Crippen molar-refractivity contribution in [3.63, 3.8) is 0 Å². The summed E-state index contributed by atoms with van der Waals surface area (Å²) in [6.45, 7) is 3.64. The number of hydrogen-bond acceptors (Lipinski definition) is 5. The van der Waals surface area contributed by atoms with E-state index in [1.54, 1.807) is 4.90 Å². The minimum Gasteiger partial charge on any atom is -0.340 e. The molecular formula is C18H21N3O2S2. The zero-order chi connectivity index (χ0) is 17.8. The van der Waals surface area contributed by atoms with Crippen LogP contribution in [-0.4, -0.2) is 70.6 Å². The van der Waals surface area contributed by atoms with Crippen LogP contribution in [0.5, 0.6) is 0 Å². The van der Waals surface area contributed by atoms with Crippen molar-refractivity contribution in [3.05, 3.63) is 40.8 Å². The molecule has 0 saturated carbocycles. The molecule has 0 spiro atoms. The van der Waals surface area contributed by atoms with Gasteiger partial charge in [-0.15, -0.1) is 0 Å². The van der Waals surface area contributed by atoms with Gasteiger partial charge in [0.2, 0.25) is 5.91 Å². The molecular weight excluding hydrogens is 354 g/mol. The summed E-state index contributed by atoms with van der Waals surface area (Å²) in [6.07, 6.45) is 2.16. The summed E-state index contributed by atoms with van der Waals surface area (Å²) in [5.41, 5.74) is 0.969. The fraction of sp³-hybridized carbons (Fsp3) is 0.389. The molecule has 2 fully saturated rings. The predicted octanol–water partition coefficient (Wildman–Crippen LogP) is 2.05. The molecule has 0 N–H and O–H groups in total. The molecule has 0 atom stereocenters. The van der Waals surface area contributed by atoms with Crippen molar-refractivity contribution >= 4 is 46.2 Å². The first-order chi connectivity index (χ1) is 12.0. The number of amides is 2. The Morgan fingerprint density at radius 1 is 1.20 bits per heavy atom. The van der Waals surface area contributed by atoms with Gasteiger partial charge in [0.25, 0.3) is 5.91 Å². The minimum atomic E-state index is -0.106. The summed E-state index contributed by atoms with van der Waals surface area (Å²) in [5.74, 6) is -0.0146. The Labute approximate surface area is 157 Å². The molecule has 0 bridgehead atoms. The van der Waals surface area contributed by atoms with Crippen LogP contribution in [0.4, 0.5) is 0 Å². The number of piperazine rings is 1. The second kappa shape index (κ2) is 8.12. The second-order valence-electron chi connectivity index (χ2n) is 6.18. The first kappa shape index (κ1) is 18.1. The zero-order valence-corrected chi connectivity index (χ0v) is 15.8. The number of rotatable bonds is 4. The number of benzene rings is 1. The molecule has 2 amide bonds. The van der Waals surface area contributed by atoms with E-state index < -0.39 is 0 Å². The maximum Gasteiger partial charge on any atom is 0.266 e. The van der Waals surface area contributed by atoms with Crippen LogP contribution in [0.2, 0.25) is 0 Å². The monoisotopic (exact) mass is 375 g/mol. The SMILES string of the molecule is CN1CCN(C(=O)CCN2C(=O)C(=Cc3ccccc3)SC2=S)CC1. The summed E-state index contributed by atoms with van der Waals surface area (Å²) in [7, 11) is 2.06. The highest BCUT2D eigenvalue weighted by Gasteiger charge is 2.32. The van der Waals surface area contributed by atoms with E-state index in [4.69, 9.17) is 12.2 Å². The Bertz CT molecular complexity index is 698. The van der Waals surface area contributed by atoms with E-state index in [0.717, 1.165) is 31.7 Å². The van der Waals surface area contributed by atoms with Gasteiger partial charge in [-0.25, -0.2) is 0 Å². The Morgan fingerprint density at radius 2 is 1.88 bits per heavy atom. The van der Waals surface area contributed by atoms with Crippen molar-refractivity contribution in [1.82, 2.24) is 14.7 Å². The highest BCUT2D eigenvalue weighted by Crippen LogP contribution is 2.32. The molecule has 1 aromatic carbocycles. The van der Waals surface area contributed by atoms with Gasteiger partial charge in [0.15, 0.2) is 0 Å². The van der Waals surface area contributed by atoms with Crippen molar-refractivity contribution in [3.8, 4) is 0 Å². The van der Waals surface area contributed by atoms with Crippen LogP contribution in [-0.2, 0) is 9.59 Å². The first-order valence-corrected chi connectivity index (χ1v) is 9.54. The van der Waals surface area contributed by atoms with Crippen molar-refractivity contribution in [1.29, 1.82) is 0 Å². The van der Waals surface area contributed by atoms with Gasteiger partial charge in [-0.05, 0) is 18.7 Å². The average molecular weight is 376 g/mol. The Kier molecular flexibility index (Phi) is 5.88. The van der Waals surface area contributed by atoms with Gasteiger partial charge < -0.3 is 9.80 Å². The van der Waals surface area contributed by atoms with Crippen LogP contribution in [0.15, 0.2) is 35.2 Å². The van der Waals surface area contributed by atoms with Crippen LogP contribution in [0.25, 0.3) is 6.08 Å². The fourth-order valence-corrected chi connectivity index (χ4v) is 4.12. The average Bonchev–Trinajstić information content (AvgIpc) is 2.88. The summed E-state index contributed by atoms with van der Waals surface area (Å²) in [4.78, 5) is 31.2. The highest BCUT2D eigenvalue weighted by molar-refractivity contribution is 8.26. The van der Waals surface area contributed by atoms with Gasteiger partial charge in [-0.1, -0.05) is 54.3 Å². The smallest absolute Gasteiger partial charge is 0.266 e. The van der Waals surface area contributed by atoms with Crippen LogP contribution in [0.1, 0.15) is 12.0 Å². The summed E-state index contributed by atoms with van der Waals surface area (Å²) < 4.78 is 0.526. The van der Waals surface area contributed by atoms with Crippen LogP contribution < -0.4 is 0 Å². The van der Waals surface area contributed by atoms with E-state index >= 15 is 0 Å². The molecule has 7 heteroatoms. The predicted molar refractivity (Wildman–Crippen MR) is 105 cm³/mol. The number of carbonyl (C=O) groups excluding carboxylic acids is 2. The summed E-state index contributed by atoms with van der Waals surface area (Å²) >= 11 is 6.63. The van der Waals surface area contributed by atoms with E-state index in [-0.39, 0.29) is 11.8 Å².